The predicted molar refractivity (Wildman–Crippen MR) is 114 cm³/mol. The number of hydrogen-bond donors (Lipinski definition) is 0. The molecule has 2 aromatic rings. The summed E-state index contributed by atoms with van der Waals surface area (Å²) in [4.78, 5) is 4.61. The molecule has 0 spiro atoms. The smallest absolute Gasteiger partial charge is 0.0494 e. The zero-order chi connectivity index (χ0) is 18.5. The van der Waals surface area contributed by atoms with Crippen LogP contribution in [0.3, 0.4) is 0 Å². The Morgan fingerprint density at radius 1 is 0.769 bits per heavy atom. The molecule has 1 aromatic heterocycles. The van der Waals surface area contributed by atoms with Crippen LogP contribution in [0.15, 0.2) is 42.6 Å². The number of halogens is 1. The van der Waals surface area contributed by atoms with Crippen molar-refractivity contribution in [1.82, 2.24) is 4.98 Å². The van der Waals surface area contributed by atoms with E-state index in [-0.39, 0.29) is 0 Å². The van der Waals surface area contributed by atoms with E-state index in [4.69, 9.17) is 11.6 Å². The number of unbranched alkanes of at least 4 members (excludes halogenated alkanes) is 9. The molecule has 0 bridgehead atoms. The molecule has 142 valence electrons. The fraction of sp³-hybridized carbons (Fsp3) is 0.542. The van der Waals surface area contributed by atoms with Crippen molar-refractivity contribution in [2.45, 2.75) is 84.0 Å². The minimum Gasteiger partial charge on any atom is -0.261 e. The summed E-state index contributed by atoms with van der Waals surface area (Å²) in [6.07, 6.45) is 17.4. The molecule has 0 aliphatic heterocycles. The summed E-state index contributed by atoms with van der Waals surface area (Å²) >= 11 is 6.48. The van der Waals surface area contributed by atoms with E-state index >= 15 is 0 Å². The Morgan fingerprint density at radius 2 is 1.38 bits per heavy atom. The van der Waals surface area contributed by atoms with Crippen LogP contribution in [-0.4, -0.2) is 4.98 Å². The highest BCUT2D eigenvalue weighted by molar-refractivity contribution is 6.31. The quantitative estimate of drug-likeness (QED) is 0.327. The van der Waals surface area contributed by atoms with Crippen molar-refractivity contribution in [3.63, 3.8) is 0 Å². The van der Waals surface area contributed by atoms with Crippen LogP contribution in [0.1, 0.15) is 88.0 Å². The predicted octanol–water partition coefficient (Wildman–Crippen LogP) is 7.79. The van der Waals surface area contributed by atoms with Gasteiger partial charge in [-0.3, -0.25) is 4.98 Å². The molecule has 2 heteroatoms. The maximum absolute atomic E-state index is 6.48. The van der Waals surface area contributed by atoms with Gasteiger partial charge in [-0.1, -0.05) is 107 Å². The van der Waals surface area contributed by atoms with Gasteiger partial charge in [0.25, 0.3) is 0 Å². The molecule has 1 heterocycles. The van der Waals surface area contributed by atoms with Crippen LogP contribution in [0, 0.1) is 0 Å². The normalized spacial score (nSPS) is 11.0. The number of aromatic nitrogens is 1. The first-order valence-electron chi connectivity index (χ1n) is 10.5. The van der Waals surface area contributed by atoms with Gasteiger partial charge in [-0.25, -0.2) is 0 Å². The standard InChI is InChI=1S/C24H34ClN/c1-2-3-4-5-6-7-8-9-10-14-17-22-23(25)18-19-26-24(22)20-21-15-12-11-13-16-21/h11-13,15-16,18-19H,2-10,14,17,20H2,1H3. The molecule has 0 unspecified atom stereocenters. The molecule has 2 rings (SSSR count). The van der Waals surface area contributed by atoms with Crippen LogP contribution in [0.4, 0.5) is 0 Å². The van der Waals surface area contributed by atoms with E-state index in [1.165, 1.54) is 75.3 Å². The fourth-order valence-corrected chi connectivity index (χ4v) is 3.76. The van der Waals surface area contributed by atoms with Crippen molar-refractivity contribution in [2.75, 3.05) is 0 Å². The molecule has 0 N–H and O–H groups in total. The van der Waals surface area contributed by atoms with Crippen LogP contribution in [0.25, 0.3) is 0 Å². The number of pyridine rings is 1. The van der Waals surface area contributed by atoms with Crippen molar-refractivity contribution >= 4 is 11.6 Å². The third-order valence-electron chi connectivity index (χ3n) is 5.08. The molecule has 0 atom stereocenters. The van der Waals surface area contributed by atoms with Gasteiger partial charge in [0, 0.05) is 23.3 Å². The monoisotopic (exact) mass is 371 g/mol. The first-order valence-corrected chi connectivity index (χ1v) is 10.8. The first-order chi connectivity index (χ1) is 12.8. The Morgan fingerprint density at radius 3 is 2.04 bits per heavy atom. The minimum absolute atomic E-state index is 0.870. The van der Waals surface area contributed by atoms with Crippen LogP contribution in [0.5, 0.6) is 0 Å². The van der Waals surface area contributed by atoms with Crippen molar-refractivity contribution in [3.8, 4) is 0 Å². The van der Waals surface area contributed by atoms with Crippen LogP contribution in [0.2, 0.25) is 5.02 Å². The minimum atomic E-state index is 0.870. The SMILES string of the molecule is CCCCCCCCCCCCc1c(Cl)ccnc1Cc1ccccc1. The maximum Gasteiger partial charge on any atom is 0.0494 e. The third-order valence-corrected chi connectivity index (χ3v) is 5.44. The molecule has 1 nitrogen and oxygen atoms in total. The average Bonchev–Trinajstić information content (AvgIpc) is 2.66. The Balaban J connectivity index is 1.70. The molecular weight excluding hydrogens is 338 g/mol. The molecular formula is C24H34ClN. The summed E-state index contributed by atoms with van der Waals surface area (Å²) in [6, 6.07) is 12.5. The molecule has 0 saturated carbocycles. The van der Waals surface area contributed by atoms with Gasteiger partial charge in [0.2, 0.25) is 0 Å². The molecule has 0 saturated heterocycles. The van der Waals surface area contributed by atoms with Gasteiger partial charge in [0.15, 0.2) is 0 Å². The molecule has 0 aliphatic rings. The highest BCUT2D eigenvalue weighted by Gasteiger charge is 2.09. The van der Waals surface area contributed by atoms with E-state index in [0.717, 1.165) is 23.6 Å². The van der Waals surface area contributed by atoms with Crippen molar-refractivity contribution < 1.29 is 0 Å². The lowest BCUT2D eigenvalue weighted by molar-refractivity contribution is 0.556. The second kappa shape index (κ2) is 12.9. The van der Waals surface area contributed by atoms with Gasteiger partial charge >= 0.3 is 0 Å². The molecule has 1 aromatic carbocycles. The van der Waals surface area contributed by atoms with Crippen LogP contribution < -0.4 is 0 Å². The fourth-order valence-electron chi connectivity index (χ4n) is 3.50. The summed E-state index contributed by atoms with van der Waals surface area (Å²) in [5.41, 5.74) is 3.68. The Labute approximate surface area is 165 Å². The largest absolute Gasteiger partial charge is 0.261 e. The highest BCUT2D eigenvalue weighted by Crippen LogP contribution is 2.23. The van der Waals surface area contributed by atoms with Gasteiger partial charge < -0.3 is 0 Å². The topological polar surface area (TPSA) is 12.9 Å². The lowest BCUT2D eigenvalue weighted by Gasteiger charge is -2.11. The Kier molecular flexibility index (Phi) is 10.4. The second-order valence-electron chi connectivity index (χ2n) is 7.31. The maximum atomic E-state index is 6.48. The lowest BCUT2D eigenvalue weighted by atomic mass is 9.99. The van der Waals surface area contributed by atoms with Gasteiger partial charge in [0.05, 0.1) is 0 Å². The molecule has 0 amide bonds. The third kappa shape index (κ3) is 7.91. The van der Waals surface area contributed by atoms with Gasteiger partial charge in [-0.15, -0.1) is 0 Å². The highest BCUT2D eigenvalue weighted by atomic mass is 35.5. The van der Waals surface area contributed by atoms with Crippen LogP contribution >= 0.6 is 11.6 Å². The van der Waals surface area contributed by atoms with E-state index in [0.29, 0.717) is 0 Å². The lowest BCUT2D eigenvalue weighted by Crippen LogP contribution is -2.00. The Hall–Kier alpha value is -1.34. The number of hydrogen-bond acceptors (Lipinski definition) is 1. The number of benzene rings is 1. The number of nitrogens with zero attached hydrogens (tertiary/aromatic N) is 1. The van der Waals surface area contributed by atoms with Gasteiger partial charge in [-0.05, 0) is 30.0 Å². The first kappa shape index (κ1) is 21.0. The van der Waals surface area contributed by atoms with E-state index in [1.54, 1.807) is 0 Å². The van der Waals surface area contributed by atoms with E-state index < -0.39 is 0 Å². The zero-order valence-corrected chi connectivity index (χ0v) is 17.1. The van der Waals surface area contributed by atoms with Gasteiger partial charge in [-0.2, -0.15) is 0 Å². The summed E-state index contributed by atoms with van der Waals surface area (Å²) in [5.74, 6) is 0. The van der Waals surface area contributed by atoms with Gasteiger partial charge in [0.1, 0.15) is 0 Å². The summed E-state index contributed by atoms with van der Waals surface area (Å²) in [7, 11) is 0. The van der Waals surface area contributed by atoms with Crippen molar-refractivity contribution in [2.24, 2.45) is 0 Å². The summed E-state index contributed by atoms with van der Waals surface area (Å²) < 4.78 is 0. The Bertz CT molecular complexity index is 609. The average molecular weight is 372 g/mol. The molecule has 0 fully saturated rings. The summed E-state index contributed by atoms with van der Waals surface area (Å²) in [5, 5.41) is 0.877. The van der Waals surface area contributed by atoms with Crippen LogP contribution in [-0.2, 0) is 12.8 Å². The molecule has 0 aliphatic carbocycles. The summed E-state index contributed by atoms with van der Waals surface area (Å²) in [6.45, 7) is 2.28. The number of rotatable bonds is 13. The van der Waals surface area contributed by atoms with Crippen molar-refractivity contribution in [1.29, 1.82) is 0 Å². The zero-order valence-electron chi connectivity index (χ0n) is 16.4. The van der Waals surface area contributed by atoms with E-state index in [9.17, 15) is 0 Å². The van der Waals surface area contributed by atoms with E-state index in [1.807, 2.05) is 12.3 Å². The molecule has 0 radical (unpaired) electrons. The molecule has 26 heavy (non-hydrogen) atoms. The van der Waals surface area contributed by atoms with E-state index in [2.05, 4.69) is 42.2 Å². The second-order valence-corrected chi connectivity index (χ2v) is 7.72. The van der Waals surface area contributed by atoms with Crippen molar-refractivity contribution in [3.05, 3.63) is 64.4 Å².